The molecule has 0 radical (unpaired) electrons. The average molecular weight is 214 g/mol. The van der Waals surface area contributed by atoms with Crippen LogP contribution in [-0.2, 0) is 0 Å². The molecular weight excluding hydrogens is 192 g/mol. The van der Waals surface area contributed by atoms with Gasteiger partial charge in [0.15, 0.2) is 0 Å². The molecule has 3 unspecified atom stereocenters. The Morgan fingerprint density at radius 3 is 2.31 bits per heavy atom. The molecule has 0 N–H and O–H groups in total. The second kappa shape index (κ2) is 4.61. The Hall–Kier alpha value is -0.780. The molecule has 0 heteroatoms. The lowest BCUT2D eigenvalue weighted by molar-refractivity contribution is 0.155. The van der Waals surface area contributed by atoms with Crippen LogP contribution in [0.5, 0.6) is 0 Å². The van der Waals surface area contributed by atoms with Crippen molar-refractivity contribution in [3.63, 3.8) is 0 Å². The third kappa shape index (κ3) is 2.03. The summed E-state index contributed by atoms with van der Waals surface area (Å²) in [4.78, 5) is 0. The smallest absolute Gasteiger partial charge is 0.0159 e. The SMILES string of the molecule is c1ccc(C2CCC3CCCCC3C2)cc1. The summed E-state index contributed by atoms with van der Waals surface area (Å²) in [6, 6.07) is 11.2. The lowest BCUT2D eigenvalue weighted by Gasteiger charge is -2.39. The standard InChI is InChI=1S/C16H22/c1-2-6-13(7-3-1)16-11-10-14-8-4-5-9-15(14)12-16/h1-3,6-7,14-16H,4-5,8-12H2. The largest absolute Gasteiger partial charge is 0.0622 e. The third-order valence-electron chi connectivity index (χ3n) is 4.81. The summed E-state index contributed by atoms with van der Waals surface area (Å²) in [7, 11) is 0. The Bertz CT molecular complexity index is 327. The van der Waals surface area contributed by atoms with Crippen molar-refractivity contribution < 1.29 is 0 Å². The molecule has 2 aliphatic carbocycles. The highest BCUT2D eigenvalue weighted by Crippen LogP contribution is 2.45. The maximum Gasteiger partial charge on any atom is -0.0159 e. The Labute approximate surface area is 99.1 Å². The van der Waals surface area contributed by atoms with E-state index in [2.05, 4.69) is 30.3 Å². The van der Waals surface area contributed by atoms with Gasteiger partial charge in [0.05, 0.1) is 0 Å². The zero-order valence-electron chi connectivity index (χ0n) is 10.1. The van der Waals surface area contributed by atoms with Gasteiger partial charge in [-0.05, 0) is 42.6 Å². The highest BCUT2D eigenvalue weighted by molar-refractivity contribution is 5.20. The summed E-state index contributed by atoms with van der Waals surface area (Å²) in [6.45, 7) is 0. The van der Waals surface area contributed by atoms with Crippen LogP contribution in [0.4, 0.5) is 0 Å². The predicted octanol–water partition coefficient (Wildman–Crippen LogP) is 4.76. The molecule has 1 aromatic carbocycles. The van der Waals surface area contributed by atoms with E-state index in [0.29, 0.717) is 0 Å². The molecule has 2 aliphatic rings. The normalized spacial score (nSPS) is 34.4. The van der Waals surface area contributed by atoms with Crippen LogP contribution in [-0.4, -0.2) is 0 Å². The summed E-state index contributed by atoms with van der Waals surface area (Å²) in [5.41, 5.74) is 1.59. The molecule has 86 valence electrons. The number of hydrogen-bond acceptors (Lipinski definition) is 0. The Morgan fingerprint density at radius 1 is 0.750 bits per heavy atom. The van der Waals surface area contributed by atoms with Gasteiger partial charge in [0.25, 0.3) is 0 Å². The molecule has 2 fully saturated rings. The van der Waals surface area contributed by atoms with Crippen molar-refractivity contribution in [2.75, 3.05) is 0 Å². The van der Waals surface area contributed by atoms with Gasteiger partial charge < -0.3 is 0 Å². The van der Waals surface area contributed by atoms with Crippen molar-refractivity contribution in [2.45, 2.75) is 50.9 Å². The summed E-state index contributed by atoms with van der Waals surface area (Å²) in [5, 5.41) is 0. The number of hydrogen-bond donors (Lipinski definition) is 0. The third-order valence-corrected chi connectivity index (χ3v) is 4.81. The van der Waals surface area contributed by atoms with Crippen molar-refractivity contribution >= 4 is 0 Å². The molecule has 0 amide bonds. The molecule has 2 saturated carbocycles. The first-order chi connectivity index (χ1) is 7.93. The first kappa shape index (κ1) is 10.4. The Morgan fingerprint density at radius 2 is 1.50 bits per heavy atom. The Kier molecular flexibility index (Phi) is 2.99. The van der Waals surface area contributed by atoms with Gasteiger partial charge >= 0.3 is 0 Å². The maximum absolute atomic E-state index is 2.33. The molecule has 0 saturated heterocycles. The summed E-state index contributed by atoms with van der Waals surface area (Å²) in [6.07, 6.45) is 10.4. The zero-order valence-corrected chi connectivity index (χ0v) is 10.1. The number of benzene rings is 1. The van der Waals surface area contributed by atoms with Crippen LogP contribution in [0, 0.1) is 11.8 Å². The van der Waals surface area contributed by atoms with Gasteiger partial charge in [0.1, 0.15) is 0 Å². The van der Waals surface area contributed by atoms with Crippen LogP contribution in [0.1, 0.15) is 56.4 Å². The highest BCUT2D eigenvalue weighted by atomic mass is 14.4. The van der Waals surface area contributed by atoms with Crippen LogP contribution in [0.25, 0.3) is 0 Å². The molecule has 1 aromatic rings. The van der Waals surface area contributed by atoms with Gasteiger partial charge in [-0.15, -0.1) is 0 Å². The molecule has 0 aliphatic heterocycles. The Balaban J connectivity index is 1.71. The van der Waals surface area contributed by atoms with Crippen LogP contribution < -0.4 is 0 Å². The first-order valence-corrected chi connectivity index (χ1v) is 6.98. The fourth-order valence-corrected chi connectivity index (χ4v) is 3.90. The summed E-state index contributed by atoms with van der Waals surface area (Å²) >= 11 is 0. The molecule has 16 heavy (non-hydrogen) atoms. The van der Waals surface area contributed by atoms with Gasteiger partial charge in [-0.2, -0.15) is 0 Å². The van der Waals surface area contributed by atoms with E-state index >= 15 is 0 Å². The minimum Gasteiger partial charge on any atom is -0.0622 e. The molecular formula is C16H22. The van der Waals surface area contributed by atoms with E-state index in [4.69, 9.17) is 0 Å². The van der Waals surface area contributed by atoms with Crippen molar-refractivity contribution in [3.8, 4) is 0 Å². The second-order valence-corrected chi connectivity index (χ2v) is 5.73. The van der Waals surface area contributed by atoms with Crippen molar-refractivity contribution in [1.82, 2.24) is 0 Å². The van der Waals surface area contributed by atoms with Gasteiger partial charge in [0.2, 0.25) is 0 Å². The fraction of sp³-hybridized carbons (Fsp3) is 0.625. The summed E-state index contributed by atoms with van der Waals surface area (Å²) in [5.74, 6) is 2.99. The maximum atomic E-state index is 2.33. The molecule has 0 aromatic heterocycles. The average Bonchev–Trinajstić information content (AvgIpc) is 2.39. The minimum absolute atomic E-state index is 0.862. The van der Waals surface area contributed by atoms with Gasteiger partial charge in [-0.25, -0.2) is 0 Å². The van der Waals surface area contributed by atoms with Crippen molar-refractivity contribution in [2.24, 2.45) is 11.8 Å². The van der Waals surface area contributed by atoms with E-state index in [0.717, 1.165) is 17.8 Å². The summed E-state index contributed by atoms with van der Waals surface area (Å²) < 4.78 is 0. The number of rotatable bonds is 1. The lowest BCUT2D eigenvalue weighted by atomic mass is 9.66. The van der Waals surface area contributed by atoms with Gasteiger partial charge in [-0.1, -0.05) is 56.0 Å². The van der Waals surface area contributed by atoms with E-state index in [1.165, 1.54) is 44.9 Å². The van der Waals surface area contributed by atoms with Gasteiger partial charge in [-0.3, -0.25) is 0 Å². The van der Waals surface area contributed by atoms with Crippen LogP contribution >= 0.6 is 0 Å². The van der Waals surface area contributed by atoms with Crippen LogP contribution in [0.2, 0.25) is 0 Å². The van der Waals surface area contributed by atoms with Crippen molar-refractivity contribution in [3.05, 3.63) is 35.9 Å². The molecule has 0 heterocycles. The molecule has 0 nitrogen and oxygen atoms in total. The molecule has 0 spiro atoms. The van der Waals surface area contributed by atoms with E-state index < -0.39 is 0 Å². The molecule has 0 bridgehead atoms. The molecule has 3 rings (SSSR count). The van der Waals surface area contributed by atoms with Crippen LogP contribution in [0.15, 0.2) is 30.3 Å². The first-order valence-electron chi connectivity index (χ1n) is 6.98. The molecule has 3 atom stereocenters. The van der Waals surface area contributed by atoms with Crippen LogP contribution in [0.3, 0.4) is 0 Å². The highest BCUT2D eigenvalue weighted by Gasteiger charge is 2.32. The van der Waals surface area contributed by atoms with E-state index in [9.17, 15) is 0 Å². The predicted molar refractivity (Wildman–Crippen MR) is 68.5 cm³/mol. The zero-order chi connectivity index (χ0) is 10.8. The van der Waals surface area contributed by atoms with E-state index in [1.807, 2.05) is 0 Å². The number of fused-ring (bicyclic) bond motifs is 1. The topological polar surface area (TPSA) is 0 Å². The van der Waals surface area contributed by atoms with E-state index in [-0.39, 0.29) is 0 Å². The quantitative estimate of drug-likeness (QED) is 0.632. The fourth-order valence-electron chi connectivity index (χ4n) is 3.90. The van der Waals surface area contributed by atoms with E-state index in [1.54, 1.807) is 5.56 Å². The van der Waals surface area contributed by atoms with Crippen molar-refractivity contribution in [1.29, 1.82) is 0 Å². The lowest BCUT2D eigenvalue weighted by Crippen LogP contribution is -2.26. The van der Waals surface area contributed by atoms with Gasteiger partial charge in [0, 0.05) is 0 Å². The monoisotopic (exact) mass is 214 g/mol. The second-order valence-electron chi connectivity index (χ2n) is 5.73. The minimum atomic E-state index is 0.862.